The Morgan fingerprint density at radius 3 is 2.34 bits per heavy atom. The monoisotopic (exact) mass is 557 g/mol. The van der Waals surface area contributed by atoms with Crippen molar-refractivity contribution >= 4 is 52.5 Å². The van der Waals surface area contributed by atoms with Crippen LogP contribution in [0.15, 0.2) is 48.5 Å². The van der Waals surface area contributed by atoms with Crippen molar-refractivity contribution in [3.8, 4) is 5.75 Å². The molecule has 0 saturated carbocycles. The second-order valence-electron chi connectivity index (χ2n) is 10.3. The number of anilines is 2. The lowest BCUT2D eigenvalue weighted by Gasteiger charge is -2.34. The minimum Gasteiger partial charge on any atom is -0.494 e. The van der Waals surface area contributed by atoms with Crippen molar-refractivity contribution in [1.82, 2.24) is 4.90 Å². The van der Waals surface area contributed by atoms with Crippen LogP contribution in [0.4, 0.5) is 11.4 Å². The van der Waals surface area contributed by atoms with Crippen LogP contribution in [0.3, 0.4) is 0 Å². The molecule has 3 aliphatic heterocycles. The van der Waals surface area contributed by atoms with E-state index in [0.29, 0.717) is 41.6 Å². The van der Waals surface area contributed by atoms with E-state index in [-0.39, 0.29) is 30.9 Å². The summed E-state index contributed by atoms with van der Waals surface area (Å²) in [6.07, 6.45) is 1.73. The number of carbonyl (C=O) groups excluding carboxylic acids is 3. The highest BCUT2D eigenvalue weighted by Gasteiger charge is 2.77. The lowest BCUT2D eigenvalue weighted by molar-refractivity contribution is -0.139. The van der Waals surface area contributed by atoms with Crippen LogP contribution < -0.4 is 15.4 Å². The number of aliphatic hydroxyl groups excluding tert-OH is 1. The predicted molar refractivity (Wildman–Crippen MR) is 148 cm³/mol. The van der Waals surface area contributed by atoms with Crippen LogP contribution in [-0.4, -0.2) is 63.0 Å². The first kappa shape index (κ1) is 26.8. The molecule has 3 fully saturated rings. The number of aliphatic hydroxyl groups is 1. The molecule has 10 heteroatoms. The fourth-order valence-corrected chi connectivity index (χ4v) is 8.86. The van der Waals surface area contributed by atoms with Gasteiger partial charge in [-0.25, -0.2) is 0 Å². The number of carbonyl (C=O) groups is 3. The fraction of sp³-hybridized carbons (Fsp3) is 0.464. The minimum absolute atomic E-state index is 0.0977. The highest BCUT2D eigenvalue weighted by atomic mass is 35.5. The number of thioether (sulfide) groups is 1. The molecule has 202 valence electrons. The molecule has 2 bridgehead atoms. The first-order chi connectivity index (χ1) is 18.2. The summed E-state index contributed by atoms with van der Waals surface area (Å²) in [4.78, 5) is 43.1. The molecule has 0 aliphatic carbocycles. The molecule has 3 aliphatic rings. The maximum atomic E-state index is 14.0. The van der Waals surface area contributed by atoms with Gasteiger partial charge in [-0.15, -0.1) is 11.8 Å². The Labute approximate surface area is 231 Å². The van der Waals surface area contributed by atoms with Gasteiger partial charge in [0.25, 0.3) is 0 Å². The number of hydrogen-bond donors (Lipinski definition) is 3. The van der Waals surface area contributed by atoms with Crippen molar-refractivity contribution in [3.05, 3.63) is 53.6 Å². The largest absolute Gasteiger partial charge is 0.494 e. The summed E-state index contributed by atoms with van der Waals surface area (Å²) in [5, 5.41) is 16.0. The lowest BCUT2D eigenvalue weighted by atomic mass is 9.66. The van der Waals surface area contributed by atoms with E-state index in [1.807, 2.05) is 13.8 Å². The Kier molecular flexibility index (Phi) is 7.37. The molecule has 2 aromatic carbocycles. The van der Waals surface area contributed by atoms with Crippen molar-refractivity contribution in [2.75, 3.05) is 30.4 Å². The number of nitrogens with zero attached hydrogens (tertiary/aromatic N) is 1. The van der Waals surface area contributed by atoms with Crippen molar-refractivity contribution in [2.24, 2.45) is 11.8 Å². The molecule has 1 spiro atoms. The van der Waals surface area contributed by atoms with Crippen LogP contribution in [0.2, 0.25) is 5.02 Å². The summed E-state index contributed by atoms with van der Waals surface area (Å²) >= 11 is 7.61. The normalized spacial score (nSPS) is 29.3. The van der Waals surface area contributed by atoms with Crippen LogP contribution in [0.5, 0.6) is 5.75 Å². The molecule has 0 radical (unpaired) electrons. The SMILES string of the molecule is CCOc1ccc(NC(=O)[C@@H]2[C@H]3C(=O)N(CCCO)C(C(=O)Nc4ccc(Cl)cc4)C34CC[C@@]2(C)S4)cc1. The van der Waals surface area contributed by atoms with Gasteiger partial charge < -0.3 is 25.4 Å². The van der Waals surface area contributed by atoms with Gasteiger partial charge in [0.05, 0.1) is 23.2 Å². The number of hydrogen-bond acceptors (Lipinski definition) is 6. The summed E-state index contributed by atoms with van der Waals surface area (Å²) in [6, 6.07) is 13.2. The van der Waals surface area contributed by atoms with Crippen molar-refractivity contribution in [1.29, 1.82) is 0 Å². The Balaban J connectivity index is 1.44. The molecule has 2 aromatic rings. The third-order valence-electron chi connectivity index (χ3n) is 7.91. The van der Waals surface area contributed by atoms with Crippen LogP contribution in [0.25, 0.3) is 0 Å². The topological polar surface area (TPSA) is 108 Å². The molecular formula is C28H32ClN3O5S. The second kappa shape index (κ2) is 10.4. The number of fused-ring (bicyclic) bond motifs is 1. The smallest absolute Gasteiger partial charge is 0.248 e. The average Bonchev–Trinajstić information content (AvgIpc) is 3.46. The Morgan fingerprint density at radius 1 is 1.08 bits per heavy atom. The van der Waals surface area contributed by atoms with Gasteiger partial charge in [-0.05, 0) is 81.6 Å². The zero-order chi connectivity index (χ0) is 27.1. The molecule has 8 nitrogen and oxygen atoms in total. The number of benzene rings is 2. The van der Waals surface area contributed by atoms with Crippen molar-refractivity contribution < 1.29 is 24.2 Å². The van der Waals surface area contributed by atoms with Crippen LogP contribution >= 0.6 is 23.4 Å². The summed E-state index contributed by atoms with van der Waals surface area (Å²) in [6.45, 7) is 4.64. The molecule has 3 saturated heterocycles. The quantitative estimate of drug-likeness (QED) is 0.427. The van der Waals surface area contributed by atoms with Crippen LogP contribution in [0, 0.1) is 11.8 Å². The maximum Gasteiger partial charge on any atom is 0.248 e. The number of halogens is 1. The van der Waals surface area contributed by atoms with E-state index in [0.717, 1.165) is 6.42 Å². The molecule has 0 aromatic heterocycles. The Bertz CT molecular complexity index is 1230. The summed E-state index contributed by atoms with van der Waals surface area (Å²) in [5.41, 5.74) is 1.21. The number of ether oxygens (including phenoxy) is 1. The van der Waals surface area contributed by atoms with E-state index in [1.54, 1.807) is 65.2 Å². The highest BCUT2D eigenvalue weighted by Crippen LogP contribution is 2.71. The zero-order valence-corrected chi connectivity index (χ0v) is 23.0. The van der Waals surface area contributed by atoms with E-state index in [1.165, 1.54) is 0 Å². The molecule has 3 N–H and O–H groups in total. The summed E-state index contributed by atoms with van der Waals surface area (Å²) in [5.74, 6) is -1.21. The molecule has 5 rings (SSSR count). The predicted octanol–water partition coefficient (Wildman–Crippen LogP) is 4.18. The minimum atomic E-state index is -0.752. The van der Waals surface area contributed by atoms with Gasteiger partial charge in [0.2, 0.25) is 17.7 Å². The lowest BCUT2D eigenvalue weighted by Crippen LogP contribution is -2.52. The Morgan fingerprint density at radius 2 is 1.71 bits per heavy atom. The number of nitrogens with one attached hydrogen (secondary N) is 2. The maximum absolute atomic E-state index is 14.0. The van der Waals surface area contributed by atoms with Gasteiger partial charge in [-0.3, -0.25) is 14.4 Å². The summed E-state index contributed by atoms with van der Waals surface area (Å²) < 4.78 is 4.29. The van der Waals surface area contributed by atoms with Gasteiger partial charge in [0.1, 0.15) is 11.8 Å². The van der Waals surface area contributed by atoms with Gasteiger partial charge in [-0.1, -0.05) is 11.6 Å². The van der Waals surface area contributed by atoms with Gasteiger partial charge >= 0.3 is 0 Å². The van der Waals surface area contributed by atoms with E-state index in [2.05, 4.69) is 10.6 Å². The molecule has 3 amide bonds. The second-order valence-corrected chi connectivity index (χ2v) is 12.6. The van der Waals surface area contributed by atoms with E-state index >= 15 is 0 Å². The molecular weight excluding hydrogens is 526 g/mol. The number of likely N-dealkylation sites (tertiary alicyclic amines) is 1. The van der Waals surface area contributed by atoms with E-state index in [4.69, 9.17) is 16.3 Å². The first-order valence-corrected chi connectivity index (χ1v) is 14.1. The van der Waals surface area contributed by atoms with Gasteiger partial charge in [0, 0.05) is 34.3 Å². The van der Waals surface area contributed by atoms with Crippen LogP contribution in [0.1, 0.15) is 33.1 Å². The molecule has 5 atom stereocenters. The highest BCUT2D eigenvalue weighted by molar-refractivity contribution is 8.02. The van der Waals surface area contributed by atoms with E-state index in [9.17, 15) is 19.5 Å². The van der Waals surface area contributed by atoms with E-state index < -0.39 is 27.4 Å². The molecule has 2 unspecified atom stereocenters. The fourth-order valence-electron chi connectivity index (χ4n) is 6.37. The van der Waals surface area contributed by atoms with Gasteiger partial charge in [-0.2, -0.15) is 0 Å². The number of rotatable bonds is 9. The third-order valence-corrected chi connectivity index (χ3v) is 10.1. The van der Waals surface area contributed by atoms with Gasteiger partial charge in [0.15, 0.2) is 0 Å². The van der Waals surface area contributed by atoms with Crippen molar-refractivity contribution in [2.45, 2.75) is 48.6 Å². The number of amides is 3. The average molecular weight is 558 g/mol. The van der Waals surface area contributed by atoms with Crippen LogP contribution in [-0.2, 0) is 14.4 Å². The first-order valence-electron chi connectivity index (χ1n) is 12.9. The molecule has 3 heterocycles. The standard InChI is InChI=1S/C28H32ClN3O5S/c1-3-37-20-11-9-19(10-12-20)30-24(34)21-22-26(36)32(15-4-16-33)23(28(22)14-13-27(21,2)38-28)25(35)31-18-7-5-17(29)6-8-18/h5-12,21-23,33H,3-4,13-16H2,1-2H3,(H,30,34)(H,31,35)/t21-,22-,23?,27+,28?/m0/s1. The third kappa shape index (κ3) is 4.54. The Hall–Kier alpha value is -2.75. The van der Waals surface area contributed by atoms with Crippen molar-refractivity contribution in [3.63, 3.8) is 0 Å². The summed E-state index contributed by atoms with van der Waals surface area (Å²) in [7, 11) is 0. The zero-order valence-electron chi connectivity index (χ0n) is 21.4. The molecule has 38 heavy (non-hydrogen) atoms.